The van der Waals surface area contributed by atoms with Gasteiger partial charge in [0.2, 0.25) is 0 Å². The van der Waals surface area contributed by atoms with E-state index in [2.05, 4.69) is 17.2 Å². The van der Waals surface area contributed by atoms with Gasteiger partial charge in [-0.25, -0.2) is 9.97 Å². The topological polar surface area (TPSA) is 89.4 Å². The molecule has 2 N–H and O–H groups in total. The number of hydrogen-bond donors (Lipinski definition) is 2. The van der Waals surface area contributed by atoms with Gasteiger partial charge in [-0.05, 0) is 62.6 Å². The molecule has 2 aromatic heterocycles. The summed E-state index contributed by atoms with van der Waals surface area (Å²) in [6.45, 7) is 4.38. The van der Waals surface area contributed by atoms with Crippen LogP contribution in [0.2, 0.25) is 0 Å². The average Bonchev–Trinajstić information content (AvgIpc) is 3.33. The second-order valence-electron chi connectivity index (χ2n) is 8.19. The van der Waals surface area contributed by atoms with Crippen molar-refractivity contribution in [1.82, 2.24) is 20.3 Å². The number of aliphatic hydroxyl groups is 1. The number of nitrogens with one attached hydrogen (secondary N) is 1. The molecule has 0 radical (unpaired) electrons. The highest BCUT2D eigenvalue weighted by Gasteiger charge is 2.21. The van der Waals surface area contributed by atoms with Crippen molar-refractivity contribution < 1.29 is 14.6 Å². The van der Waals surface area contributed by atoms with E-state index in [1.54, 1.807) is 19.4 Å². The molecule has 1 unspecified atom stereocenters. The molecule has 1 aromatic carbocycles. The standard InChI is InChI=1S/C25H30N4O3/c1-17-23(12-18-8-11-31-15-18)28-25(29-24(17)19-6-9-27-10-7-19)20-4-3-5-22(13-20)32-16-21(30)14-26-2/h3-7,9-10,13,18,21,26,30H,8,11-12,14-16H2,1-2H3/t18-,21?/m0/s1. The first-order valence-electron chi connectivity index (χ1n) is 11.1. The van der Waals surface area contributed by atoms with Crippen molar-refractivity contribution in [2.45, 2.75) is 25.9 Å². The lowest BCUT2D eigenvalue weighted by molar-refractivity contribution is 0.108. The van der Waals surface area contributed by atoms with E-state index in [9.17, 15) is 5.11 Å². The normalized spacial score (nSPS) is 16.8. The number of aliphatic hydroxyl groups excluding tert-OH is 1. The Morgan fingerprint density at radius 3 is 2.78 bits per heavy atom. The summed E-state index contributed by atoms with van der Waals surface area (Å²) in [5.41, 5.74) is 4.96. The van der Waals surface area contributed by atoms with Crippen molar-refractivity contribution in [1.29, 1.82) is 0 Å². The molecule has 1 aliphatic rings. The summed E-state index contributed by atoms with van der Waals surface area (Å²) in [6, 6.07) is 11.7. The first kappa shape index (κ1) is 22.3. The Balaban J connectivity index is 1.67. The molecule has 2 atom stereocenters. The van der Waals surface area contributed by atoms with Crippen molar-refractivity contribution in [3.63, 3.8) is 0 Å². The first-order chi connectivity index (χ1) is 15.6. The minimum Gasteiger partial charge on any atom is -0.491 e. The van der Waals surface area contributed by atoms with E-state index in [1.807, 2.05) is 36.4 Å². The highest BCUT2D eigenvalue weighted by Crippen LogP contribution is 2.30. The van der Waals surface area contributed by atoms with Crippen LogP contribution >= 0.6 is 0 Å². The van der Waals surface area contributed by atoms with Gasteiger partial charge in [0.25, 0.3) is 0 Å². The fourth-order valence-electron chi connectivity index (χ4n) is 3.91. The largest absolute Gasteiger partial charge is 0.491 e. The van der Waals surface area contributed by atoms with Gasteiger partial charge in [-0.3, -0.25) is 4.98 Å². The molecule has 0 saturated carbocycles. The number of rotatable bonds is 9. The van der Waals surface area contributed by atoms with Crippen molar-refractivity contribution in [2.24, 2.45) is 5.92 Å². The van der Waals surface area contributed by atoms with Crippen LogP contribution in [0.15, 0.2) is 48.8 Å². The summed E-state index contributed by atoms with van der Waals surface area (Å²) in [4.78, 5) is 14.0. The van der Waals surface area contributed by atoms with E-state index >= 15 is 0 Å². The quantitative estimate of drug-likeness (QED) is 0.535. The Morgan fingerprint density at radius 1 is 1.19 bits per heavy atom. The highest BCUT2D eigenvalue weighted by atomic mass is 16.5. The van der Waals surface area contributed by atoms with Crippen molar-refractivity contribution in [2.75, 3.05) is 33.4 Å². The molecule has 1 aliphatic heterocycles. The molecule has 1 fully saturated rings. The molecule has 0 amide bonds. The summed E-state index contributed by atoms with van der Waals surface area (Å²) in [5, 5.41) is 12.9. The van der Waals surface area contributed by atoms with Gasteiger partial charge >= 0.3 is 0 Å². The summed E-state index contributed by atoms with van der Waals surface area (Å²) in [6.07, 6.45) is 4.92. The van der Waals surface area contributed by atoms with Gasteiger partial charge < -0.3 is 19.9 Å². The van der Waals surface area contributed by atoms with Crippen LogP contribution in [0, 0.1) is 12.8 Å². The van der Waals surface area contributed by atoms with Gasteiger partial charge in [0.15, 0.2) is 5.82 Å². The molecule has 0 spiro atoms. The number of hydrogen-bond acceptors (Lipinski definition) is 7. The van der Waals surface area contributed by atoms with Crippen LogP contribution in [0.1, 0.15) is 17.7 Å². The molecular weight excluding hydrogens is 404 g/mol. The van der Waals surface area contributed by atoms with Crippen LogP contribution in [-0.4, -0.2) is 59.6 Å². The van der Waals surface area contributed by atoms with Crippen LogP contribution in [0.3, 0.4) is 0 Å². The molecule has 1 saturated heterocycles. The molecular formula is C25H30N4O3. The lowest BCUT2D eigenvalue weighted by Gasteiger charge is -2.16. The van der Waals surface area contributed by atoms with E-state index < -0.39 is 6.10 Å². The first-order valence-corrected chi connectivity index (χ1v) is 11.1. The van der Waals surface area contributed by atoms with Gasteiger partial charge in [-0.2, -0.15) is 0 Å². The Labute approximate surface area is 188 Å². The molecule has 0 bridgehead atoms. The Kier molecular flexibility index (Phi) is 7.42. The minimum absolute atomic E-state index is 0.217. The van der Waals surface area contributed by atoms with Crippen LogP contribution < -0.4 is 10.1 Å². The molecule has 3 aromatic rings. The van der Waals surface area contributed by atoms with Crippen LogP contribution in [0.25, 0.3) is 22.6 Å². The zero-order chi connectivity index (χ0) is 22.3. The van der Waals surface area contributed by atoms with Crippen molar-refractivity contribution in [3.8, 4) is 28.4 Å². The zero-order valence-electron chi connectivity index (χ0n) is 18.6. The van der Waals surface area contributed by atoms with E-state index in [4.69, 9.17) is 19.4 Å². The molecule has 7 heteroatoms. The van der Waals surface area contributed by atoms with Gasteiger partial charge in [0.05, 0.1) is 5.69 Å². The summed E-state index contributed by atoms with van der Waals surface area (Å²) in [5.74, 6) is 1.82. The number of nitrogens with zero attached hydrogens (tertiary/aromatic N) is 3. The molecule has 3 heterocycles. The number of benzene rings is 1. The third-order valence-electron chi connectivity index (χ3n) is 5.68. The summed E-state index contributed by atoms with van der Waals surface area (Å²) >= 11 is 0. The van der Waals surface area contributed by atoms with E-state index in [1.165, 1.54) is 0 Å². The maximum Gasteiger partial charge on any atom is 0.160 e. The van der Waals surface area contributed by atoms with Crippen LogP contribution in [-0.2, 0) is 11.2 Å². The van der Waals surface area contributed by atoms with Crippen LogP contribution in [0.4, 0.5) is 0 Å². The van der Waals surface area contributed by atoms with Gasteiger partial charge in [-0.1, -0.05) is 12.1 Å². The lowest BCUT2D eigenvalue weighted by atomic mass is 9.97. The number of pyridine rings is 1. The van der Waals surface area contributed by atoms with E-state index in [0.29, 0.717) is 24.0 Å². The maximum absolute atomic E-state index is 9.93. The third kappa shape index (κ3) is 5.48. The summed E-state index contributed by atoms with van der Waals surface area (Å²) in [7, 11) is 1.80. The van der Waals surface area contributed by atoms with Crippen LogP contribution in [0.5, 0.6) is 5.75 Å². The maximum atomic E-state index is 9.93. The predicted octanol–water partition coefficient (Wildman–Crippen LogP) is 3.05. The van der Waals surface area contributed by atoms with E-state index in [-0.39, 0.29) is 6.61 Å². The van der Waals surface area contributed by atoms with Gasteiger partial charge in [0.1, 0.15) is 18.5 Å². The fourth-order valence-corrected chi connectivity index (χ4v) is 3.91. The minimum atomic E-state index is -0.571. The second kappa shape index (κ2) is 10.6. The predicted molar refractivity (Wildman–Crippen MR) is 123 cm³/mol. The zero-order valence-corrected chi connectivity index (χ0v) is 18.6. The Bertz CT molecular complexity index is 1020. The van der Waals surface area contributed by atoms with Crippen molar-refractivity contribution in [3.05, 3.63) is 60.0 Å². The monoisotopic (exact) mass is 434 g/mol. The number of likely N-dealkylation sites (N-methyl/N-ethyl adjacent to an activating group) is 1. The molecule has 7 nitrogen and oxygen atoms in total. The fraction of sp³-hybridized carbons (Fsp3) is 0.400. The molecule has 4 rings (SSSR count). The third-order valence-corrected chi connectivity index (χ3v) is 5.68. The number of ether oxygens (including phenoxy) is 2. The molecule has 32 heavy (non-hydrogen) atoms. The van der Waals surface area contributed by atoms with Gasteiger partial charge in [0, 0.05) is 49.0 Å². The van der Waals surface area contributed by atoms with Crippen molar-refractivity contribution >= 4 is 0 Å². The highest BCUT2D eigenvalue weighted by molar-refractivity contribution is 5.67. The molecule has 168 valence electrons. The molecule has 0 aliphatic carbocycles. The summed E-state index contributed by atoms with van der Waals surface area (Å²) < 4.78 is 11.4. The lowest BCUT2D eigenvalue weighted by Crippen LogP contribution is -2.29. The number of aromatic nitrogens is 3. The van der Waals surface area contributed by atoms with E-state index in [0.717, 1.165) is 54.1 Å². The SMILES string of the molecule is CNCC(O)COc1cccc(-c2nc(C[C@@H]3CCOC3)c(C)c(-c3ccncc3)n2)c1. The smallest absolute Gasteiger partial charge is 0.160 e. The Morgan fingerprint density at radius 2 is 2.03 bits per heavy atom. The van der Waals surface area contributed by atoms with Gasteiger partial charge in [-0.15, -0.1) is 0 Å². The average molecular weight is 435 g/mol. The second-order valence-corrected chi connectivity index (χ2v) is 8.19. The Hall–Kier alpha value is -2.87.